The molecule has 8 nitrogen and oxygen atoms in total. The normalized spacial score (nSPS) is 16.9. The maximum absolute atomic E-state index is 14.0. The fourth-order valence-corrected chi connectivity index (χ4v) is 4.80. The van der Waals surface area contributed by atoms with Gasteiger partial charge in [-0.3, -0.25) is 14.2 Å². The molecule has 0 spiro atoms. The van der Waals surface area contributed by atoms with Gasteiger partial charge in [-0.2, -0.15) is 0 Å². The van der Waals surface area contributed by atoms with Crippen LogP contribution in [0.1, 0.15) is 22.8 Å². The first kappa shape index (κ1) is 29.1. The van der Waals surface area contributed by atoms with Crippen molar-refractivity contribution in [2.75, 3.05) is 26.1 Å². The SMILES string of the molecule is COC(=O)C1CC1COc1cc(NC(C(=O)n2ccc3ccc(OC(F)(F)F)cc32)c2ccc(Cl)cc2)cc(OC)c1. The molecule has 1 aliphatic carbocycles. The molecule has 1 saturated carbocycles. The van der Waals surface area contributed by atoms with Gasteiger partial charge in [0.2, 0.25) is 0 Å². The zero-order valence-corrected chi connectivity index (χ0v) is 23.2. The third-order valence-corrected chi connectivity index (χ3v) is 7.16. The number of hydrogen-bond donors (Lipinski definition) is 1. The highest BCUT2D eigenvalue weighted by atomic mass is 35.5. The number of alkyl halides is 3. The Hall–Kier alpha value is -4.38. The summed E-state index contributed by atoms with van der Waals surface area (Å²) in [6, 6.07) is 16.1. The number of aromatic nitrogens is 1. The van der Waals surface area contributed by atoms with Crippen LogP contribution in [-0.2, 0) is 9.53 Å². The molecule has 0 saturated heterocycles. The van der Waals surface area contributed by atoms with Crippen molar-refractivity contribution in [2.45, 2.75) is 18.8 Å². The number of esters is 1. The highest BCUT2D eigenvalue weighted by Gasteiger charge is 2.44. The van der Waals surface area contributed by atoms with E-state index in [1.165, 1.54) is 37.1 Å². The maximum atomic E-state index is 14.0. The van der Waals surface area contributed by atoms with Gasteiger partial charge in [-0.25, -0.2) is 0 Å². The minimum absolute atomic E-state index is 0.0386. The third-order valence-electron chi connectivity index (χ3n) is 6.90. The van der Waals surface area contributed by atoms with Gasteiger partial charge in [0.15, 0.2) is 0 Å². The Morgan fingerprint density at radius 2 is 1.74 bits per heavy atom. The van der Waals surface area contributed by atoms with Gasteiger partial charge in [-0.15, -0.1) is 13.2 Å². The number of rotatable bonds is 10. The van der Waals surface area contributed by atoms with E-state index in [2.05, 4.69) is 10.1 Å². The van der Waals surface area contributed by atoms with Gasteiger partial charge in [0.25, 0.3) is 5.91 Å². The van der Waals surface area contributed by atoms with Crippen LogP contribution in [0.5, 0.6) is 17.2 Å². The van der Waals surface area contributed by atoms with Crippen molar-refractivity contribution in [3.63, 3.8) is 0 Å². The van der Waals surface area contributed by atoms with Crippen LogP contribution in [0.15, 0.2) is 72.9 Å². The molecule has 4 aromatic rings. The van der Waals surface area contributed by atoms with Crippen LogP contribution < -0.4 is 19.5 Å². The Morgan fingerprint density at radius 3 is 2.43 bits per heavy atom. The van der Waals surface area contributed by atoms with Crippen LogP contribution >= 0.6 is 11.6 Å². The summed E-state index contributed by atoms with van der Waals surface area (Å²) in [6.45, 7) is 0.295. The molecule has 0 aliphatic heterocycles. The lowest BCUT2D eigenvalue weighted by Crippen LogP contribution is -2.26. The van der Waals surface area contributed by atoms with E-state index in [1.54, 1.807) is 48.5 Å². The average Bonchev–Trinajstić information content (AvgIpc) is 3.63. The van der Waals surface area contributed by atoms with Crippen molar-refractivity contribution in [1.82, 2.24) is 4.57 Å². The van der Waals surface area contributed by atoms with Crippen LogP contribution in [0.2, 0.25) is 5.02 Å². The summed E-state index contributed by atoms with van der Waals surface area (Å²) in [7, 11) is 2.84. The molecule has 0 amide bonds. The van der Waals surface area contributed by atoms with Gasteiger partial charge in [-0.1, -0.05) is 23.7 Å². The minimum atomic E-state index is -4.88. The van der Waals surface area contributed by atoms with Gasteiger partial charge < -0.3 is 24.3 Å². The van der Waals surface area contributed by atoms with Crippen LogP contribution in [0.4, 0.5) is 18.9 Å². The first-order valence-electron chi connectivity index (χ1n) is 12.9. The predicted octanol–water partition coefficient (Wildman–Crippen LogP) is 6.88. The predicted molar refractivity (Wildman–Crippen MR) is 149 cm³/mol. The number of halogens is 4. The molecular formula is C30H26ClF3N2O6. The molecule has 3 aromatic carbocycles. The van der Waals surface area contributed by atoms with Crippen LogP contribution in [0.25, 0.3) is 10.9 Å². The fourth-order valence-electron chi connectivity index (χ4n) is 4.68. The molecule has 5 rings (SSSR count). The number of fused-ring (bicyclic) bond motifs is 1. The van der Waals surface area contributed by atoms with Crippen molar-refractivity contribution in [2.24, 2.45) is 11.8 Å². The average molecular weight is 603 g/mol. The van der Waals surface area contributed by atoms with Crippen molar-refractivity contribution >= 4 is 40.1 Å². The van der Waals surface area contributed by atoms with E-state index in [-0.39, 0.29) is 23.3 Å². The quantitative estimate of drug-likeness (QED) is 0.198. The Kier molecular flexibility index (Phi) is 8.22. The molecule has 1 aromatic heterocycles. The lowest BCUT2D eigenvalue weighted by atomic mass is 10.1. The van der Waals surface area contributed by atoms with Crippen LogP contribution in [-0.4, -0.2) is 43.6 Å². The Bertz CT molecular complexity index is 1610. The van der Waals surface area contributed by atoms with Crippen molar-refractivity contribution in [3.05, 3.63) is 83.5 Å². The van der Waals surface area contributed by atoms with Gasteiger partial charge in [0, 0.05) is 52.5 Å². The second kappa shape index (κ2) is 11.8. The number of nitrogens with zero attached hydrogens (tertiary/aromatic N) is 1. The second-order valence-electron chi connectivity index (χ2n) is 9.75. The van der Waals surface area contributed by atoms with E-state index in [9.17, 15) is 22.8 Å². The number of methoxy groups -OCH3 is 2. The zero-order chi connectivity index (χ0) is 30.0. The second-order valence-corrected chi connectivity index (χ2v) is 10.2. The Labute approximate surface area is 243 Å². The van der Waals surface area contributed by atoms with E-state index in [4.69, 9.17) is 25.8 Å². The summed E-state index contributed by atoms with van der Waals surface area (Å²) < 4.78 is 60.1. The van der Waals surface area contributed by atoms with Gasteiger partial charge >= 0.3 is 12.3 Å². The van der Waals surface area contributed by atoms with E-state index in [0.717, 1.165) is 6.07 Å². The van der Waals surface area contributed by atoms with E-state index < -0.39 is 24.1 Å². The number of anilines is 1. The number of carbonyl (C=O) groups is 2. The standard InChI is InChI=1S/C30H26ClF3N2O6/c1-39-23-12-21(13-24(14-23)41-16-19-11-25(19)29(38)40-2)35-27(18-3-6-20(31)7-4-18)28(37)36-10-9-17-5-8-22(15-26(17)36)42-30(32,33)34/h3-10,12-15,19,25,27,35H,11,16H2,1-2H3. The molecule has 3 atom stereocenters. The number of carbonyl (C=O) groups excluding carboxylic acids is 2. The van der Waals surface area contributed by atoms with E-state index in [0.29, 0.717) is 46.2 Å². The van der Waals surface area contributed by atoms with Crippen molar-refractivity contribution in [1.29, 1.82) is 0 Å². The third kappa shape index (κ3) is 6.73. The van der Waals surface area contributed by atoms with E-state index >= 15 is 0 Å². The monoisotopic (exact) mass is 602 g/mol. The molecule has 42 heavy (non-hydrogen) atoms. The summed E-state index contributed by atoms with van der Waals surface area (Å²) in [5.41, 5.74) is 1.27. The van der Waals surface area contributed by atoms with Gasteiger partial charge in [0.05, 0.1) is 32.3 Å². The number of nitrogens with one attached hydrogen (secondary N) is 1. The van der Waals surface area contributed by atoms with Crippen molar-refractivity contribution < 1.29 is 41.7 Å². The molecule has 1 N–H and O–H groups in total. The molecule has 0 bridgehead atoms. The summed E-state index contributed by atoms with van der Waals surface area (Å²) in [6.07, 6.45) is -2.72. The largest absolute Gasteiger partial charge is 0.573 e. The molecule has 1 aliphatic rings. The summed E-state index contributed by atoms with van der Waals surface area (Å²) >= 11 is 6.09. The summed E-state index contributed by atoms with van der Waals surface area (Å²) in [5, 5.41) is 4.23. The van der Waals surface area contributed by atoms with Gasteiger partial charge in [-0.05, 0) is 42.3 Å². The summed E-state index contributed by atoms with van der Waals surface area (Å²) in [5.74, 6) is -0.428. The highest BCUT2D eigenvalue weighted by molar-refractivity contribution is 6.30. The molecule has 12 heteroatoms. The molecule has 3 unspecified atom stereocenters. The Balaban J connectivity index is 1.45. The van der Waals surface area contributed by atoms with Crippen LogP contribution in [0, 0.1) is 11.8 Å². The fraction of sp³-hybridized carbons (Fsp3) is 0.267. The Morgan fingerprint density at radius 1 is 1.00 bits per heavy atom. The highest BCUT2D eigenvalue weighted by Crippen LogP contribution is 2.40. The maximum Gasteiger partial charge on any atom is 0.573 e. The molecule has 220 valence electrons. The smallest absolute Gasteiger partial charge is 0.497 e. The van der Waals surface area contributed by atoms with Crippen LogP contribution in [0.3, 0.4) is 0 Å². The first-order valence-corrected chi connectivity index (χ1v) is 13.2. The lowest BCUT2D eigenvalue weighted by molar-refractivity contribution is -0.274. The lowest BCUT2D eigenvalue weighted by Gasteiger charge is -2.21. The molecule has 1 fully saturated rings. The number of benzene rings is 3. The zero-order valence-electron chi connectivity index (χ0n) is 22.5. The minimum Gasteiger partial charge on any atom is -0.497 e. The molecular weight excluding hydrogens is 577 g/mol. The molecule has 1 heterocycles. The molecule has 0 radical (unpaired) electrons. The topological polar surface area (TPSA) is 88.0 Å². The first-order chi connectivity index (χ1) is 20.0. The number of ether oxygens (including phenoxy) is 4. The van der Waals surface area contributed by atoms with E-state index in [1.807, 2.05) is 0 Å². The van der Waals surface area contributed by atoms with Crippen molar-refractivity contribution in [3.8, 4) is 17.2 Å². The summed E-state index contributed by atoms with van der Waals surface area (Å²) in [4.78, 5) is 25.7. The van der Waals surface area contributed by atoms with Gasteiger partial charge in [0.1, 0.15) is 23.3 Å². The number of hydrogen-bond acceptors (Lipinski definition) is 7.